The Labute approximate surface area is 127 Å². The zero-order valence-electron chi connectivity index (χ0n) is 11.5. The van der Waals surface area contributed by atoms with Crippen LogP contribution in [0.5, 0.6) is 0 Å². The standard InChI is InChI=1S/C14H17BrClN3/c1-8(17-4)11-5-6-13(12(15)7-11)19-10(3)14(16)9(2)18-19/h5-8,17H,1-4H3. The van der Waals surface area contributed by atoms with Gasteiger partial charge in [-0.2, -0.15) is 5.10 Å². The fraction of sp³-hybridized carbons (Fsp3) is 0.357. The topological polar surface area (TPSA) is 29.9 Å². The van der Waals surface area contributed by atoms with E-state index in [0.717, 1.165) is 26.6 Å². The van der Waals surface area contributed by atoms with Crippen LogP contribution < -0.4 is 5.32 Å². The first-order valence-corrected chi connectivity index (χ1v) is 7.31. The van der Waals surface area contributed by atoms with E-state index in [0.29, 0.717) is 6.04 Å². The quantitative estimate of drug-likeness (QED) is 0.906. The Morgan fingerprint density at radius 2 is 2.05 bits per heavy atom. The second-order valence-corrected chi connectivity index (χ2v) is 5.85. The highest BCUT2D eigenvalue weighted by atomic mass is 79.9. The summed E-state index contributed by atoms with van der Waals surface area (Å²) in [5, 5.41) is 8.42. The van der Waals surface area contributed by atoms with E-state index in [1.165, 1.54) is 5.56 Å². The van der Waals surface area contributed by atoms with Crippen LogP contribution in [-0.4, -0.2) is 16.8 Å². The highest BCUT2D eigenvalue weighted by Crippen LogP contribution is 2.29. The van der Waals surface area contributed by atoms with E-state index in [4.69, 9.17) is 11.6 Å². The number of nitrogens with zero attached hydrogens (tertiary/aromatic N) is 2. The lowest BCUT2D eigenvalue weighted by molar-refractivity contribution is 0.651. The molecule has 0 spiro atoms. The molecule has 19 heavy (non-hydrogen) atoms. The van der Waals surface area contributed by atoms with Crippen molar-refractivity contribution in [1.82, 2.24) is 15.1 Å². The maximum absolute atomic E-state index is 6.20. The van der Waals surface area contributed by atoms with Crippen LogP contribution in [0.1, 0.15) is 29.9 Å². The number of nitrogens with one attached hydrogen (secondary N) is 1. The summed E-state index contributed by atoms with van der Waals surface area (Å²) in [6.07, 6.45) is 0. The highest BCUT2D eigenvalue weighted by molar-refractivity contribution is 9.10. The molecule has 1 unspecified atom stereocenters. The number of hydrogen-bond acceptors (Lipinski definition) is 2. The predicted octanol–water partition coefficient (Wildman–Crippen LogP) is 4.19. The normalized spacial score (nSPS) is 12.7. The molecule has 3 nitrogen and oxygen atoms in total. The van der Waals surface area contributed by atoms with E-state index < -0.39 is 0 Å². The van der Waals surface area contributed by atoms with Gasteiger partial charge in [-0.1, -0.05) is 17.7 Å². The molecule has 0 saturated carbocycles. The number of rotatable bonds is 3. The molecule has 1 N–H and O–H groups in total. The lowest BCUT2D eigenvalue weighted by atomic mass is 10.1. The molecular formula is C14H17BrClN3. The first kappa shape index (κ1) is 14.6. The summed E-state index contributed by atoms with van der Waals surface area (Å²) in [5.74, 6) is 0. The number of aromatic nitrogens is 2. The Morgan fingerprint density at radius 1 is 1.37 bits per heavy atom. The van der Waals surface area contributed by atoms with Crippen LogP contribution in [0, 0.1) is 13.8 Å². The molecule has 1 heterocycles. The number of hydrogen-bond donors (Lipinski definition) is 1. The van der Waals surface area contributed by atoms with Gasteiger partial charge in [0, 0.05) is 10.5 Å². The van der Waals surface area contributed by atoms with E-state index in [2.05, 4.69) is 51.5 Å². The van der Waals surface area contributed by atoms with E-state index in [1.807, 2.05) is 25.6 Å². The fourth-order valence-electron chi connectivity index (χ4n) is 1.99. The van der Waals surface area contributed by atoms with Gasteiger partial charge in [0.05, 0.1) is 22.1 Å². The van der Waals surface area contributed by atoms with E-state index in [-0.39, 0.29) is 0 Å². The molecule has 0 aliphatic rings. The van der Waals surface area contributed by atoms with Crippen molar-refractivity contribution in [2.24, 2.45) is 0 Å². The summed E-state index contributed by atoms with van der Waals surface area (Å²) >= 11 is 9.81. The van der Waals surface area contributed by atoms with Crippen LogP contribution in [-0.2, 0) is 0 Å². The number of benzene rings is 1. The molecule has 0 fully saturated rings. The van der Waals surface area contributed by atoms with Gasteiger partial charge in [0.15, 0.2) is 0 Å². The molecule has 0 aliphatic carbocycles. The highest BCUT2D eigenvalue weighted by Gasteiger charge is 2.14. The van der Waals surface area contributed by atoms with Crippen LogP contribution in [0.25, 0.3) is 5.69 Å². The van der Waals surface area contributed by atoms with E-state index in [1.54, 1.807) is 0 Å². The van der Waals surface area contributed by atoms with Gasteiger partial charge >= 0.3 is 0 Å². The van der Waals surface area contributed by atoms with Gasteiger partial charge in [-0.3, -0.25) is 0 Å². The molecule has 2 rings (SSSR count). The smallest absolute Gasteiger partial charge is 0.0848 e. The summed E-state index contributed by atoms with van der Waals surface area (Å²) < 4.78 is 2.88. The average molecular weight is 343 g/mol. The summed E-state index contributed by atoms with van der Waals surface area (Å²) in [7, 11) is 1.95. The minimum Gasteiger partial charge on any atom is -0.313 e. The van der Waals surface area contributed by atoms with Crippen molar-refractivity contribution in [3.63, 3.8) is 0 Å². The molecule has 0 amide bonds. The van der Waals surface area contributed by atoms with Crippen LogP contribution in [0.4, 0.5) is 0 Å². The lowest BCUT2D eigenvalue weighted by Crippen LogP contribution is -2.12. The SMILES string of the molecule is CNC(C)c1ccc(-n2nc(C)c(Cl)c2C)c(Br)c1. The lowest BCUT2D eigenvalue weighted by Gasteiger charge is -2.13. The van der Waals surface area contributed by atoms with Gasteiger partial charge in [-0.05, 0) is 61.4 Å². The van der Waals surface area contributed by atoms with Gasteiger partial charge in [0.2, 0.25) is 0 Å². The number of aryl methyl sites for hydroxylation is 1. The largest absolute Gasteiger partial charge is 0.313 e. The molecule has 1 aromatic heterocycles. The minimum absolute atomic E-state index is 0.314. The third kappa shape index (κ3) is 2.71. The number of halogens is 2. The molecule has 102 valence electrons. The van der Waals surface area contributed by atoms with Crippen LogP contribution >= 0.6 is 27.5 Å². The van der Waals surface area contributed by atoms with Crippen molar-refractivity contribution in [3.05, 3.63) is 44.6 Å². The van der Waals surface area contributed by atoms with Gasteiger partial charge in [0.25, 0.3) is 0 Å². The Hall–Kier alpha value is -0.840. The monoisotopic (exact) mass is 341 g/mol. The third-order valence-electron chi connectivity index (χ3n) is 3.34. The summed E-state index contributed by atoms with van der Waals surface area (Å²) in [6.45, 7) is 6.01. The summed E-state index contributed by atoms with van der Waals surface area (Å²) in [6, 6.07) is 6.59. The second kappa shape index (κ2) is 5.65. The maximum atomic E-state index is 6.20. The maximum Gasteiger partial charge on any atom is 0.0848 e. The van der Waals surface area contributed by atoms with Crippen molar-refractivity contribution < 1.29 is 0 Å². The molecular weight excluding hydrogens is 326 g/mol. The van der Waals surface area contributed by atoms with Crippen molar-refractivity contribution in [2.75, 3.05) is 7.05 Å². The minimum atomic E-state index is 0.314. The Bertz CT molecular complexity index is 607. The van der Waals surface area contributed by atoms with Gasteiger partial charge in [-0.25, -0.2) is 4.68 Å². The first-order chi connectivity index (χ1) is 8.95. The van der Waals surface area contributed by atoms with Crippen LogP contribution in [0.3, 0.4) is 0 Å². The van der Waals surface area contributed by atoms with E-state index >= 15 is 0 Å². The molecule has 0 radical (unpaired) electrons. The van der Waals surface area contributed by atoms with Crippen LogP contribution in [0.2, 0.25) is 5.02 Å². The molecule has 2 aromatic rings. The van der Waals surface area contributed by atoms with Gasteiger partial charge < -0.3 is 5.32 Å². The molecule has 1 atom stereocenters. The van der Waals surface area contributed by atoms with Crippen molar-refractivity contribution in [2.45, 2.75) is 26.8 Å². The molecule has 0 aliphatic heterocycles. The van der Waals surface area contributed by atoms with E-state index in [9.17, 15) is 0 Å². The van der Waals surface area contributed by atoms with Crippen molar-refractivity contribution >= 4 is 27.5 Å². The van der Waals surface area contributed by atoms with Gasteiger partial charge in [0.1, 0.15) is 0 Å². The average Bonchev–Trinajstić information content (AvgIpc) is 2.65. The summed E-state index contributed by atoms with van der Waals surface area (Å²) in [5.41, 5.74) is 4.03. The first-order valence-electron chi connectivity index (χ1n) is 6.14. The Balaban J connectivity index is 2.49. The second-order valence-electron chi connectivity index (χ2n) is 4.62. The molecule has 0 saturated heterocycles. The molecule has 0 bridgehead atoms. The van der Waals surface area contributed by atoms with Crippen molar-refractivity contribution in [1.29, 1.82) is 0 Å². The fourth-order valence-corrected chi connectivity index (χ4v) is 2.67. The zero-order chi connectivity index (χ0) is 14.2. The van der Waals surface area contributed by atoms with Crippen LogP contribution in [0.15, 0.2) is 22.7 Å². The van der Waals surface area contributed by atoms with Crippen molar-refractivity contribution in [3.8, 4) is 5.69 Å². The zero-order valence-corrected chi connectivity index (χ0v) is 13.8. The predicted molar refractivity (Wildman–Crippen MR) is 83.2 cm³/mol. The summed E-state index contributed by atoms with van der Waals surface area (Å²) in [4.78, 5) is 0. The molecule has 5 heteroatoms. The third-order valence-corrected chi connectivity index (χ3v) is 4.52. The Kier molecular flexibility index (Phi) is 4.33. The Morgan fingerprint density at radius 3 is 2.53 bits per heavy atom. The molecule has 1 aromatic carbocycles. The van der Waals surface area contributed by atoms with Gasteiger partial charge in [-0.15, -0.1) is 0 Å².